The maximum absolute atomic E-state index is 5.67. The Morgan fingerprint density at radius 3 is 2.45 bits per heavy atom. The molecule has 22 heavy (non-hydrogen) atoms. The summed E-state index contributed by atoms with van der Waals surface area (Å²) in [5.41, 5.74) is 1.17. The van der Waals surface area contributed by atoms with Gasteiger partial charge in [-0.05, 0) is 31.5 Å². The van der Waals surface area contributed by atoms with Crippen LogP contribution in [0.5, 0.6) is 17.2 Å². The molecule has 1 unspecified atom stereocenters. The van der Waals surface area contributed by atoms with Crippen LogP contribution in [0, 0.1) is 0 Å². The molecule has 1 N–H and O–H groups in total. The molecule has 1 fully saturated rings. The molecule has 0 aliphatic carbocycles. The zero-order chi connectivity index (χ0) is 15.9. The number of methoxy groups -OCH3 is 3. The second-order valence-corrected chi connectivity index (χ2v) is 5.49. The van der Waals surface area contributed by atoms with Gasteiger partial charge in [-0.2, -0.15) is 0 Å². The summed E-state index contributed by atoms with van der Waals surface area (Å²) in [7, 11) is 4.99. The van der Waals surface area contributed by atoms with Crippen LogP contribution in [0.2, 0.25) is 0 Å². The van der Waals surface area contributed by atoms with Crippen molar-refractivity contribution in [1.29, 1.82) is 0 Å². The summed E-state index contributed by atoms with van der Waals surface area (Å²) in [5.74, 6) is 2.16. The molecular formula is C17H28N2O3. The lowest BCUT2D eigenvalue weighted by Crippen LogP contribution is -2.32. The van der Waals surface area contributed by atoms with Crippen molar-refractivity contribution < 1.29 is 14.2 Å². The second-order valence-electron chi connectivity index (χ2n) is 5.49. The van der Waals surface area contributed by atoms with Crippen molar-refractivity contribution >= 4 is 0 Å². The lowest BCUT2D eigenvalue weighted by molar-refractivity contribution is 0.199. The van der Waals surface area contributed by atoms with Crippen LogP contribution in [0.1, 0.15) is 31.4 Å². The quantitative estimate of drug-likeness (QED) is 0.874. The molecule has 1 aliphatic heterocycles. The summed E-state index contributed by atoms with van der Waals surface area (Å²) in [5, 5.41) is 3.46. The largest absolute Gasteiger partial charge is 0.493 e. The highest BCUT2D eigenvalue weighted by molar-refractivity contribution is 5.56. The molecule has 5 heteroatoms. The van der Waals surface area contributed by atoms with E-state index < -0.39 is 0 Å². The van der Waals surface area contributed by atoms with Crippen molar-refractivity contribution in [3.8, 4) is 17.2 Å². The van der Waals surface area contributed by atoms with Gasteiger partial charge in [0.2, 0.25) is 5.75 Å². The first kappa shape index (κ1) is 16.9. The third-order valence-electron chi connectivity index (χ3n) is 4.30. The fourth-order valence-electron chi connectivity index (χ4n) is 3.24. The molecule has 1 aliphatic rings. The fourth-order valence-corrected chi connectivity index (χ4v) is 3.24. The molecule has 5 nitrogen and oxygen atoms in total. The summed E-state index contributed by atoms with van der Waals surface area (Å²) in [6.07, 6.45) is 2.21. The van der Waals surface area contributed by atoms with E-state index in [2.05, 4.69) is 23.2 Å². The Morgan fingerprint density at radius 2 is 1.82 bits per heavy atom. The maximum Gasteiger partial charge on any atom is 0.203 e. The van der Waals surface area contributed by atoms with E-state index in [4.69, 9.17) is 14.2 Å². The smallest absolute Gasteiger partial charge is 0.203 e. The van der Waals surface area contributed by atoms with E-state index in [0.29, 0.717) is 17.5 Å². The first-order valence-corrected chi connectivity index (χ1v) is 8.00. The number of hydrogen-bond donors (Lipinski definition) is 1. The third-order valence-corrected chi connectivity index (χ3v) is 4.30. The van der Waals surface area contributed by atoms with Crippen LogP contribution >= 0.6 is 0 Å². The number of hydrogen-bond acceptors (Lipinski definition) is 5. The van der Waals surface area contributed by atoms with E-state index in [1.807, 2.05) is 6.07 Å². The van der Waals surface area contributed by atoms with E-state index >= 15 is 0 Å². The SMILES string of the molecule is CCC(c1ccc(OC)c(OC)c1OC)N1CCCNCC1. The summed E-state index contributed by atoms with van der Waals surface area (Å²) in [6.45, 7) is 6.50. The van der Waals surface area contributed by atoms with Crippen LogP contribution in [-0.2, 0) is 0 Å². The number of ether oxygens (including phenoxy) is 3. The third kappa shape index (κ3) is 3.47. The molecular weight excluding hydrogens is 280 g/mol. The summed E-state index contributed by atoms with van der Waals surface area (Å²) in [4.78, 5) is 2.53. The van der Waals surface area contributed by atoms with Crippen LogP contribution in [0.15, 0.2) is 12.1 Å². The zero-order valence-corrected chi connectivity index (χ0v) is 14.1. The molecule has 0 amide bonds. The lowest BCUT2D eigenvalue weighted by atomic mass is 10.00. The van der Waals surface area contributed by atoms with Gasteiger partial charge in [0.1, 0.15) is 0 Å². The van der Waals surface area contributed by atoms with Crippen LogP contribution in [0.4, 0.5) is 0 Å². The van der Waals surface area contributed by atoms with Crippen LogP contribution in [0.25, 0.3) is 0 Å². The first-order chi connectivity index (χ1) is 10.8. The summed E-state index contributed by atoms with van der Waals surface area (Å²) >= 11 is 0. The van der Waals surface area contributed by atoms with Gasteiger partial charge in [0.05, 0.1) is 21.3 Å². The Bertz CT molecular complexity index is 471. The molecule has 1 atom stereocenters. The Labute approximate surface area is 133 Å². The van der Waals surface area contributed by atoms with Crippen molar-refractivity contribution in [2.45, 2.75) is 25.8 Å². The molecule has 0 radical (unpaired) electrons. The van der Waals surface area contributed by atoms with Gasteiger partial charge in [-0.25, -0.2) is 0 Å². The standard InChI is InChI=1S/C17H28N2O3/c1-5-14(19-11-6-9-18-10-12-19)13-7-8-15(20-2)17(22-4)16(13)21-3/h7-8,14,18H,5-6,9-12H2,1-4H3. The Balaban J connectivity index is 2.39. The van der Waals surface area contributed by atoms with Gasteiger partial charge in [0, 0.05) is 31.2 Å². The minimum absolute atomic E-state index is 0.328. The van der Waals surface area contributed by atoms with Crippen LogP contribution in [-0.4, -0.2) is 52.4 Å². The van der Waals surface area contributed by atoms with Crippen molar-refractivity contribution in [2.24, 2.45) is 0 Å². The van der Waals surface area contributed by atoms with Crippen molar-refractivity contribution in [3.63, 3.8) is 0 Å². The van der Waals surface area contributed by atoms with Gasteiger partial charge in [0.25, 0.3) is 0 Å². The monoisotopic (exact) mass is 308 g/mol. The molecule has 124 valence electrons. The molecule has 1 saturated heterocycles. The molecule has 0 saturated carbocycles. The highest BCUT2D eigenvalue weighted by Crippen LogP contribution is 2.44. The first-order valence-electron chi connectivity index (χ1n) is 8.00. The second kappa shape index (κ2) is 8.25. The van der Waals surface area contributed by atoms with E-state index in [9.17, 15) is 0 Å². The molecule has 1 heterocycles. The van der Waals surface area contributed by atoms with Gasteiger partial charge >= 0.3 is 0 Å². The Kier molecular flexibility index (Phi) is 6.34. The number of nitrogens with zero attached hydrogens (tertiary/aromatic N) is 1. The average Bonchev–Trinajstić information content (AvgIpc) is 2.84. The van der Waals surface area contributed by atoms with E-state index in [-0.39, 0.29) is 0 Å². The molecule has 2 rings (SSSR count). The number of rotatable bonds is 6. The van der Waals surface area contributed by atoms with Crippen molar-refractivity contribution in [2.75, 3.05) is 47.5 Å². The lowest BCUT2D eigenvalue weighted by Gasteiger charge is -2.31. The predicted molar refractivity (Wildman–Crippen MR) is 88.2 cm³/mol. The normalized spacial score (nSPS) is 17.6. The van der Waals surface area contributed by atoms with Gasteiger partial charge in [-0.15, -0.1) is 0 Å². The molecule has 0 spiro atoms. The highest BCUT2D eigenvalue weighted by atomic mass is 16.5. The average molecular weight is 308 g/mol. The van der Waals surface area contributed by atoms with Crippen molar-refractivity contribution in [1.82, 2.24) is 10.2 Å². The molecule has 0 bridgehead atoms. The van der Waals surface area contributed by atoms with Crippen LogP contribution in [0.3, 0.4) is 0 Å². The maximum atomic E-state index is 5.67. The van der Waals surface area contributed by atoms with Gasteiger partial charge in [0.15, 0.2) is 11.5 Å². The van der Waals surface area contributed by atoms with Crippen molar-refractivity contribution in [3.05, 3.63) is 17.7 Å². The zero-order valence-electron chi connectivity index (χ0n) is 14.1. The number of benzene rings is 1. The topological polar surface area (TPSA) is 43.0 Å². The summed E-state index contributed by atoms with van der Waals surface area (Å²) < 4.78 is 16.6. The predicted octanol–water partition coefficient (Wildman–Crippen LogP) is 2.46. The van der Waals surface area contributed by atoms with E-state index in [0.717, 1.165) is 38.3 Å². The Morgan fingerprint density at radius 1 is 1.05 bits per heavy atom. The molecule has 1 aromatic rings. The van der Waals surface area contributed by atoms with Crippen LogP contribution < -0.4 is 19.5 Å². The fraction of sp³-hybridized carbons (Fsp3) is 0.647. The number of nitrogens with one attached hydrogen (secondary N) is 1. The van der Waals surface area contributed by atoms with Gasteiger partial charge in [-0.3, -0.25) is 4.90 Å². The van der Waals surface area contributed by atoms with E-state index in [1.54, 1.807) is 21.3 Å². The minimum atomic E-state index is 0.328. The highest BCUT2D eigenvalue weighted by Gasteiger charge is 2.26. The van der Waals surface area contributed by atoms with Gasteiger partial charge in [-0.1, -0.05) is 6.92 Å². The van der Waals surface area contributed by atoms with Gasteiger partial charge < -0.3 is 19.5 Å². The molecule has 0 aromatic heterocycles. The minimum Gasteiger partial charge on any atom is -0.493 e. The Hall–Kier alpha value is -1.46. The van der Waals surface area contributed by atoms with E-state index in [1.165, 1.54) is 12.0 Å². The summed E-state index contributed by atoms with van der Waals surface area (Å²) in [6, 6.07) is 4.40. The molecule has 1 aromatic carbocycles.